The molecule has 86 valence electrons. The van der Waals surface area contributed by atoms with Crippen molar-refractivity contribution in [3.05, 3.63) is 22.7 Å². The van der Waals surface area contributed by atoms with Gasteiger partial charge in [-0.25, -0.2) is 0 Å². The molecule has 2 rings (SSSR count). The van der Waals surface area contributed by atoms with Crippen molar-refractivity contribution in [2.24, 2.45) is 0 Å². The lowest BCUT2D eigenvalue weighted by molar-refractivity contribution is 0.187. The van der Waals surface area contributed by atoms with E-state index < -0.39 is 0 Å². The molecule has 1 N–H and O–H groups in total. The van der Waals surface area contributed by atoms with Gasteiger partial charge in [0.2, 0.25) is 0 Å². The number of aromatic amines is 1. The van der Waals surface area contributed by atoms with Gasteiger partial charge < -0.3 is 9.15 Å². The van der Waals surface area contributed by atoms with Crippen LogP contribution in [0, 0.1) is 11.7 Å². The van der Waals surface area contributed by atoms with Crippen LogP contribution in [-0.4, -0.2) is 28.5 Å². The van der Waals surface area contributed by atoms with E-state index in [1.54, 1.807) is 7.11 Å². The van der Waals surface area contributed by atoms with Gasteiger partial charge in [0, 0.05) is 7.11 Å². The molecule has 6 heteroatoms. The quantitative estimate of drug-likeness (QED) is 0.831. The molecule has 5 nitrogen and oxygen atoms in total. The van der Waals surface area contributed by atoms with Crippen LogP contribution in [0.2, 0.25) is 0 Å². The van der Waals surface area contributed by atoms with Crippen molar-refractivity contribution < 1.29 is 9.15 Å². The predicted molar refractivity (Wildman–Crippen MR) is 61.7 cm³/mol. The maximum atomic E-state index is 5.51. The Hall–Kier alpha value is -1.40. The van der Waals surface area contributed by atoms with Gasteiger partial charge in [-0.05, 0) is 31.3 Å². The third-order valence-corrected chi connectivity index (χ3v) is 2.55. The van der Waals surface area contributed by atoms with Crippen LogP contribution in [0.1, 0.15) is 5.76 Å². The molecule has 2 aromatic heterocycles. The van der Waals surface area contributed by atoms with Gasteiger partial charge in [0.25, 0.3) is 0 Å². The number of nitrogens with zero attached hydrogens (tertiary/aromatic N) is 2. The first-order valence-corrected chi connectivity index (χ1v) is 5.34. The fourth-order valence-corrected chi connectivity index (χ4v) is 1.67. The first-order chi connectivity index (χ1) is 7.72. The average Bonchev–Trinajstić information content (AvgIpc) is 2.82. The van der Waals surface area contributed by atoms with Crippen LogP contribution in [0.25, 0.3) is 11.6 Å². The average molecular weight is 239 g/mol. The monoisotopic (exact) mass is 239 g/mol. The van der Waals surface area contributed by atoms with Crippen molar-refractivity contribution in [2.45, 2.75) is 13.5 Å². The molecule has 0 aliphatic rings. The fourth-order valence-electron chi connectivity index (χ4n) is 1.45. The van der Waals surface area contributed by atoms with E-state index in [9.17, 15) is 0 Å². The van der Waals surface area contributed by atoms with E-state index in [1.165, 1.54) is 0 Å². The maximum absolute atomic E-state index is 5.51. The second-order valence-electron chi connectivity index (χ2n) is 3.41. The van der Waals surface area contributed by atoms with Crippen molar-refractivity contribution in [1.29, 1.82) is 0 Å². The molecular weight excluding hydrogens is 226 g/mol. The van der Waals surface area contributed by atoms with Crippen LogP contribution in [0.5, 0.6) is 0 Å². The van der Waals surface area contributed by atoms with E-state index in [1.807, 2.05) is 23.6 Å². The molecule has 2 aromatic rings. The van der Waals surface area contributed by atoms with Crippen LogP contribution in [0.4, 0.5) is 0 Å². The highest BCUT2D eigenvalue weighted by molar-refractivity contribution is 7.71. The lowest BCUT2D eigenvalue weighted by Gasteiger charge is -2.03. The Morgan fingerprint density at radius 2 is 2.38 bits per heavy atom. The summed E-state index contributed by atoms with van der Waals surface area (Å²) in [6.45, 7) is 3.13. The SMILES string of the molecule is COCCn1c(-c2ccc(C)o2)n[nH]c1=S. The van der Waals surface area contributed by atoms with E-state index in [2.05, 4.69) is 10.2 Å². The summed E-state index contributed by atoms with van der Waals surface area (Å²) in [7, 11) is 1.65. The zero-order valence-corrected chi connectivity index (χ0v) is 10.0. The van der Waals surface area contributed by atoms with Crippen molar-refractivity contribution in [1.82, 2.24) is 14.8 Å². The molecule has 0 spiro atoms. The van der Waals surface area contributed by atoms with Gasteiger partial charge in [0.15, 0.2) is 16.4 Å². The first kappa shape index (κ1) is 11.1. The number of aromatic nitrogens is 3. The Morgan fingerprint density at radius 1 is 1.56 bits per heavy atom. The van der Waals surface area contributed by atoms with Crippen LogP contribution in [0.15, 0.2) is 16.5 Å². The molecule has 0 unspecified atom stereocenters. The fraction of sp³-hybridized carbons (Fsp3) is 0.400. The number of aryl methyl sites for hydroxylation is 1. The molecule has 0 saturated heterocycles. The minimum atomic E-state index is 0.570. The topological polar surface area (TPSA) is 56.0 Å². The number of H-pyrrole nitrogens is 1. The largest absolute Gasteiger partial charge is 0.458 e. The third kappa shape index (κ3) is 2.07. The summed E-state index contributed by atoms with van der Waals surface area (Å²) < 4.78 is 13.0. The van der Waals surface area contributed by atoms with Crippen molar-refractivity contribution >= 4 is 12.2 Å². The van der Waals surface area contributed by atoms with E-state index >= 15 is 0 Å². The molecule has 0 aliphatic carbocycles. The number of rotatable bonds is 4. The molecule has 16 heavy (non-hydrogen) atoms. The second-order valence-corrected chi connectivity index (χ2v) is 3.79. The summed E-state index contributed by atoms with van der Waals surface area (Å²) in [5.74, 6) is 2.26. The Bertz CT molecular complexity index is 526. The van der Waals surface area contributed by atoms with Crippen molar-refractivity contribution in [3.8, 4) is 11.6 Å². The first-order valence-electron chi connectivity index (χ1n) is 4.93. The van der Waals surface area contributed by atoms with Gasteiger partial charge in [-0.2, -0.15) is 5.10 Å². The Kier molecular flexibility index (Phi) is 3.21. The maximum Gasteiger partial charge on any atom is 0.198 e. The van der Waals surface area contributed by atoms with Crippen LogP contribution in [-0.2, 0) is 11.3 Å². The normalized spacial score (nSPS) is 10.9. The van der Waals surface area contributed by atoms with E-state index in [0.29, 0.717) is 29.5 Å². The molecule has 0 aliphatic heterocycles. The van der Waals surface area contributed by atoms with Gasteiger partial charge in [0.1, 0.15) is 5.76 Å². The highest BCUT2D eigenvalue weighted by Crippen LogP contribution is 2.19. The highest BCUT2D eigenvalue weighted by atomic mass is 32.1. The lowest BCUT2D eigenvalue weighted by atomic mass is 10.4. The van der Waals surface area contributed by atoms with Gasteiger partial charge in [0.05, 0.1) is 13.2 Å². The van der Waals surface area contributed by atoms with Crippen LogP contribution >= 0.6 is 12.2 Å². The third-order valence-electron chi connectivity index (χ3n) is 2.24. The van der Waals surface area contributed by atoms with Crippen molar-refractivity contribution in [2.75, 3.05) is 13.7 Å². The van der Waals surface area contributed by atoms with E-state index in [4.69, 9.17) is 21.4 Å². The summed E-state index contributed by atoms with van der Waals surface area (Å²) in [5.41, 5.74) is 0. The van der Waals surface area contributed by atoms with Crippen LogP contribution < -0.4 is 0 Å². The molecule has 0 radical (unpaired) electrons. The Balaban J connectivity index is 2.37. The molecule has 0 saturated carbocycles. The Labute approximate surface area is 98.0 Å². The molecule has 0 amide bonds. The molecule has 0 atom stereocenters. The number of methoxy groups -OCH3 is 1. The minimum Gasteiger partial charge on any atom is -0.458 e. The zero-order valence-electron chi connectivity index (χ0n) is 9.19. The summed E-state index contributed by atoms with van der Waals surface area (Å²) in [6, 6.07) is 3.78. The summed E-state index contributed by atoms with van der Waals surface area (Å²) in [6.07, 6.45) is 0. The van der Waals surface area contributed by atoms with Gasteiger partial charge in [-0.3, -0.25) is 9.67 Å². The molecular formula is C10H13N3O2S. The zero-order chi connectivity index (χ0) is 11.5. The van der Waals surface area contributed by atoms with Gasteiger partial charge >= 0.3 is 0 Å². The molecule has 0 bridgehead atoms. The van der Waals surface area contributed by atoms with Gasteiger partial charge in [-0.15, -0.1) is 0 Å². The standard InChI is InChI=1S/C10H13N3O2S/c1-7-3-4-8(15-7)9-11-12-10(16)13(9)5-6-14-2/h3-4H,5-6H2,1-2H3,(H,12,16). The molecule has 0 aromatic carbocycles. The second kappa shape index (κ2) is 4.63. The van der Waals surface area contributed by atoms with E-state index in [-0.39, 0.29) is 0 Å². The number of furan rings is 1. The molecule has 0 fully saturated rings. The minimum absolute atomic E-state index is 0.570. The predicted octanol–water partition coefficient (Wildman–Crippen LogP) is 2.16. The summed E-state index contributed by atoms with van der Waals surface area (Å²) >= 11 is 5.14. The number of hydrogen-bond donors (Lipinski definition) is 1. The smallest absolute Gasteiger partial charge is 0.198 e. The summed E-state index contributed by atoms with van der Waals surface area (Å²) in [4.78, 5) is 0. The van der Waals surface area contributed by atoms with Gasteiger partial charge in [-0.1, -0.05) is 0 Å². The van der Waals surface area contributed by atoms with E-state index in [0.717, 1.165) is 5.76 Å². The Morgan fingerprint density at radius 3 is 3.00 bits per heavy atom. The lowest BCUT2D eigenvalue weighted by Crippen LogP contribution is -2.05. The number of hydrogen-bond acceptors (Lipinski definition) is 4. The number of ether oxygens (including phenoxy) is 1. The van der Waals surface area contributed by atoms with Crippen molar-refractivity contribution in [3.63, 3.8) is 0 Å². The highest BCUT2D eigenvalue weighted by Gasteiger charge is 2.11. The number of nitrogens with one attached hydrogen (secondary N) is 1. The molecule has 2 heterocycles. The van der Waals surface area contributed by atoms with Crippen LogP contribution in [0.3, 0.4) is 0 Å². The summed E-state index contributed by atoms with van der Waals surface area (Å²) in [5, 5.41) is 6.90.